The molecule has 0 saturated carbocycles. The van der Waals surface area contributed by atoms with Gasteiger partial charge in [-0.15, -0.1) is 0 Å². The van der Waals surface area contributed by atoms with E-state index in [0.717, 1.165) is 12.0 Å². The van der Waals surface area contributed by atoms with Crippen molar-refractivity contribution in [2.45, 2.75) is 26.2 Å². The van der Waals surface area contributed by atoms with Crippen LogP contribution >= 0.6 is 0 Å². The van der Waals surface area contributed by atoms with Gasteiger partial charge in [0.15, 0.2) is 0 Å². The van der Waals surface area contributed by atoms with Crippen LogP contribution < -0.4 is 0 Å². The summed E-state index contributed by atoms with van der Waals surface area (Å²) in [5.41, 5.74) is 0.998. The lowest BCUT2D eigenvalue weighted by Crippen LogP contribution is -2.33. The molecule has 120 valence electrons. The fraction of sp³-hybridized carbons (Fsp3) is 0.786. The van der Waals surface area contributed by atoms with Crippen molar-refractivity contribution >= 4 is 10.0 Å². The molecule has 0 aliphatic carbocycles. The van der Waals surface area contributed by atoms with Crippen LogP contribution in [0, 0.1) is 11.8 Å². The standard InChI is InChI=1S/C14H25N3O3S/c1-4-11(2)10-21(19,20)17-7-13(9-18)14(8-17)12-5-15-16(3)6-12/h5-6,11,13-14,18H,4,7-10H2,1-3H3/t11?,13-,14-/m0/s1. The predicted octanol–water partition coefficient (Wildman–Crippen LogP) is 0.804. The van der Waals surface area contributed by atoms with Gasteiger partial charge in [-0.2, -0.15) is 5.10 Å². The van der Waals surface area contributed by atoms with Crippen molar-refractivity contribution in [3.8, 4) is 0 Å². The average molecular weight is 315 g/mol. The van der Waals surface area contributed by atoms with E-state index in [1.807, 2.05) is 27.1 Å². The van der Waals surface area contributed by atoms with Gasteiger partial charge in [-0.1, -0.05) is 20.3 Å². The Hall–Kier alpha value is -0.920. The summed E-state index contributed by atoms with van der Waals surface area (Å²) < 4.78 is 28.2. The van der Waals surface area contributed by atoms with Crippen LogP contribution in [0.3, 0.4) is 0 Å². The van der Waals surface area contributed by atoms with Crippen molar-refractivity contribution in [2.75, 3.05) is 25.4 Å². The van der Waals surface area contributed by atoms with E-state index in [4.69, 9.17) is 0 Å². The maximum atomic E-state index is 12.5. The van der Waals surface area contributed by atoms with E-state index < -0.39 is 10.0 Å². The summed E-state index contributed by atoms with van der Waals surface area (Å²) in [6.45, 7) is 4.79. The Morgan fingerprint density at radius 1 is 1.48 bits per heavy atom. The van der Waals surface area contributed by atoms with Crippen molar-refractivity contribution < 1.29 is 13.5 Å². The first kappa shape index (κ1) is 16.5. The highest BCUT2D eigenvalue weighted by molar-refractivity contribution is 7.89. The molecule has 1 N–H and O–H groups in total. The summed E-state index contributed by atoms with van der Waals surface area (Å²) in [4.78, 5) is 0. The molecule has 1 aliphatic rings. The maximum Gasteiger partial charge on any atom is 0.214 e. The molecular weight excluding hydrogens is 290 g/mol. The van der Waals surface area contributed by atoms with E-state index in [9.17, 15) is 13.5 Å². The van der Waals surface area contributed by atoms with Crippen LogP contribution in [-0.4, -0.2) is 53.1 Å². The highest BCUT2D eigenvalue weighted by Crippen LogP contribution is 2.34. The number of hydrogen-bond acceptors (Lipinski definition) is 4. The van der Waals surface area contributed by atoms with Gasteiger partial charge >= 0.3 is 0 Å². The van der Waals surface area contributed by atoms with Gasteiger partial charge in [0.1, 0.15) is 0 Å². The quantitative estimate of drug-likeness (QED) is 0.843. The van der Waals surface area contributed by atoms with E-state index in [1.165, 1.54) is 4.31 Å². The zero-order valence-electron chi connectivity index (χ0n) is 12.9. The van der Waals surface area contributed by atoms with Crippen LogP contribution in [0.15, 0.2) is 12.4 Å². The molecule has 0 bridgehead atoms. The molecule has 0 aromatic carbocycles. The Balaban J connectivity index is 2.15. The zero-order valence-corrected chi connectivity index (χ0v) is 13.8. The van der Waals surface area contributed by atoms with Gasteiger partial charge in [0.05, 0.1) is 11.9 Å². The van der Waals surface area contributed by atoms with Crippen LogP contribution in [0.4, 0.5) is 0 Å². The minimum atomic E-state index is -3.25. The lowest BCUT2D eigenvalue weighted by atomic mass is 9.92. The monoisotopic (exact) mass is 315 g/mol. The van der Waals surface area contributed by atoms with Crippen LogP contribution in [0.5, 0.6) is 0 Å². The number of rotatable bonds is 6. The van der Waals surface area contributed by atoms with Crippen molar-refractivity contribution in [3.05, 3.63) is 18.0 Å². The Morgan fingerprint density at radius 3 is 2.71 bits per heavy atom. The number of aliphatic hydroxyl groups is 1. The van der Waals surface area contributed by atoms with Crippen LogP contribution in [0.2, 0.25) is 0 Å². The summed E-state index contributed by atoms with van der Waals surface area (Å²) in [7, 11) is -1.42. The SMILES string of the molecule is CCC(C)CS(=O)(=O)N1C[C@@H](CO)[C@H](c2cnn(C)c2)C1. The zero-order chi connectivity index (χ0) is 15.6. The largest absolute Gasteiger partial charge is 0.396 e. The second-order valence-corrected chi connectivity index (χ2v) is 8.12. The number of aromatic nitrogens is 2. The molecule has 3 atom stereocenters. The maximum absolute atomic E-state index is 12.5. The van der Waals surface area contributed by atoms with E-state index >= 15 is 0 Å². The third kappa shape index (κ3) is 3.64. The molecule has 1 unspecified atom stereocenters. The van der Waals surface area contributed by atoms with E-state index in [1.54, 1.807) is 10.9 Å². The molecule has 21 heavy (non-hydrogen) atoms. The first-order valence-electron chi connectivity index (χ1n) is 7.44. The number of sulfonamides is 1. The Morgan fingerprint density at radius 2 is 2.19 bits per heavy atom. The van der Waals surface area contributed by atoms with Crippen molar-refractivity contribution in [1.82, 2.24) is 14.1 Å². The van der Waals surface area contributed by atoms with E-state index in [0.29, 0.717) is 13.1 Å². The Labute approximate surface area is 126 Å². The molecule has 0 radical (unpaired) electrons. The minimum absolute atomic E-state index is 0.00505. The number of nitrogens with zero attached hydrogens (tertiary/aromatic N) is 3. The van der Waals surface area contributed by atoms with E-state index in [-0.39, 0.29) is 30.1 Å². The third-order valence-electron chi connectivity index (χ3n) is 4.38. The number of hydrogen-bond donors (Lipinski definition) is 1. The molecule has 2 rings (SSSR count). The molecule has 1 fully saturated rings. The van der Waals surface area contributed by atoms with Crippen LogP contribution in [-0.2, 0) is 17.1 Å². The van der Waals surface area contributed by atoms with Gasteiger partial charge in [-0.3, -0.25) is 4.68 Å². The summed E-state index contributed by atoms with van der Waals surface area (Å²) in [6, 6.07) is 0. The second-order valence-electron chi connectivity index (χ2n) is 6.11. The van der Waals surface area contributed by atoms with Gasteiger partial charge < -0.3 is 5.11 Å². The van der Waals surface area contributed by atoms with Gasteiger partial charge in [0.2, 0.25) is 10.0 Å². The molecule has 1 aromatic rings. The lowest BCUT2D eigenvalue weighted by molar-refractivity contribution is 0.223. The average Bonchev–Trinajstić information content (AvgIpc) is 3.03. The number of aryl methyl sites for hydroxylation is 1. The van der Waals surface area contributed by atoms with Crippen molar-refractivity contribution in [3.63, 3.8) is 0 Å². The lowest BCUT2D eigenvalue weighted by Gasteiger charge is -2.18. The fourth-order valence-corrected chi connectivity index (χ4v) is 4.81. The first-order valence-corrected chi connectivity index (χ1v) is 9.05. The Kier molecular flexibility index (Phi) is 5.06. The molecule has 1 aromatic heterocycles. The topological polar surface area (TPSA) is 75.4 Å². The fourth-order valence-electron chi connectivity index (χ4n) is 2.84. The van der Waals surface area contributed by atoms with Crippen LogP contribution in [0.25, 0.3) is 0 Å². The van der Waals surface area contributed by atoms with Crippen LogP contribution in [0.1, 0.15) is 31.7 Å². The third-order valence-corrected chi connectivity index (χ3v) is 6.46. The molecular formula is C14H25N3O3S. The van der Waals surface area contributed by atoms with E-state index in [2.05, 4.69) is 5.10 Å². The minimum Gasteiger partial charge on any atom is -0.396 e. The molecule has 7 heteroatoms. The predicted molar refractivity (Wildman–Crippen MR) is 81.3 cm³/mol. The smallest absolute Gasteiger partial charge is 0.214 e. The van der Waals surface area contributed by atoms with Gasteiger partial charge in [-0.25, -0.2) is 12.7 Å². The molecule has 1 aliphatic heterocycles. The highest BCUT2D eigenvalue weighted by atomic mass is 32.2. The summed E-state index contributed by atoms with van der Waals surface area (Å²) in [5.74, 6) is 0.304. The number of aliphatic hydroxyl groups excluding tert-OH is 1. The van der Waals surface area contributed by atoms with Crippen molar-refractivity contribution in [1.29, 1.82) is 0 Å². The normalized spacial score (nSPS) is 25.3. The summed E-state index contributed by atoms with van der Waals surface area (Å²) in [5, 5.41) is 13.7. The highest BCUT2D eigenvalue weighted by Gasteiger charge is 2.39. The first-order chi connectivity index (χ1) is 9.87. The summed E-state index contributed by atoms with van der Waals surface area (Å²) >= 11 is 0. The molecule has 1 saturated heterocycles. The van der Waals surface area contributed by atoms with Gasteiger partial charge in [0, 0.05) is 44.8 Å². The second kappa shape index (κ2) is 6.46. The molecule has 0 spiro atoms. The summed E-state index contributed by atoms with van der Waals surface area (Å²) in [6.07, 6.45) is 4.51. The van der Waals surface area contributed by atoms with Gasteiger partial charge in [-0.05, 0) is 11.5 Å². The molecule has 2 heterocycles. The van der Waals surface area contributed by atoms with Crippen molar-refractivity contribution in [2.24, 2.45) is 18.9 Å². The van der Waals surface area contributed by atoms with Gasteiger partial charge in [0.25, 0.3) is 0 Å². The molecule has 6 nitrogen and oxygen atoms in total. The molecule has 0 amide bonds. The Bertz CT molecular complexity index is 570.